The summed E-state index contributed by atoms with van der Waals surface area (Å²) in [6, 6.07) is 0. The Morgan fingerprint density at radius 2 is 1.44 bits per heavy atom. The van der Waals surface area contributed by atoms with Gasteiger partial charge in [0.2, 0.25) is 0 Å². The van der Waals surface area contributed by atoms with Gasteiger partial charge in [0.1, 0.15) is 0 Å². The summed E-state index contributed by atoms with van der Waals surface area (Å²) in [5.74, 6) is 0. The average molecular weight is 257 g/mol. The third kappa shape index (κ3) is 11.9. The van der Waals surface area contributed by atoms with E-state index < -0.39 is 0 Å². The summed E-state index contributed by atoms with van der Waals surface area (Å²) >= 11 is 0. The number of hydrogen-bond acceptors (Lipinski definition) is 3. The summed E-state index contributed by atoms with van der Waals surface area (Å²) in [5, 5.41) is 17.7. The standard InChI is InChI=1S/C15H31NO2/c1-2-3-4-5-6-7-8-11-16(12-9-14-17)13-10-15-18/h8,11,17-18H,2-7,9-10,12-15H2,1H3. The molecule has 0 bridgehead atoms. The molecule has 0 amide bonds. The van der Waals surface area contributed by atoms with Crippen LogP contribution in [0.5, 0.6) is 0 Å². The maximum atomic E-state index is 8.83. The van der Waals surface area contributed by atoms with Crippen molar-refractivity contribution in [3.63, 3.8) is 0 Å². The van der Waals surface area contributed by atoms with E-state index in [0.717, 1.165) is 32.4 Å². The Bertz CT molecular complexity index is 175. The summed E-state index contributed by atoms with van der Waals surface area (Å²) in [7, 11) is 0. The molecule has 0 rings (SSSR count). The molecule has 0 radical (unpaired) electrons. The van der Waals surface area contributed by atoms with Crippen LogP contribution in [0.3, 0.4) is 0 Å². The molecule has 2 N–H and O–H groups in total. The molecule has 0 unspecified atom stereocenters. The first-order valence-electron chi connectivity index (χ1n) is 7.47. The van der Waals surface area contributed by atoms with Crippen LogP contribution in [0, 0.1) is 0 Å². The van der Waals surface area contributed by atoms with Crippen molar-refractivity contribution in [2.45, 2.75) is 58.3 Å². The number of aliphatic hydroxyl groups excluding tert-OH is 2. The van der Waals surface area contributed by atoms with E-state index in [1.165, 1.54) is 32.1 Å². The fourth-order valence-corrected chi connectivity index (χ4v) is 1.90. The van der Waals surface area contributed by atoms with Crippen LogP contribution < -0.4 is 0 Å². The fraction of sp³-hybridized carbons (Fsp3) is 0.867. The number of nitrogens with zero attached hydrogens (tertiary/aromatic N) is 1. The number of rotatable bonds is 13. The Hall–Kier alpha value is -0.540. The Balaban J connectivity index is 3.63. The Kier molecular flexibility index (Phi) is 14.1. The second-order valence-corrected chi connectivity index (χ2v) is 4.78. The van der Waals surface area contributed by atoms with Gasteiger partial charge in [-0.05, 0) is 31.9 Å². The number of unbranched alkanes of at least 4 members (excludes halogenated alkanes) is 5. The van der Waals surface area contributed by atoms with Crippen molar-refractivity contribution in [1.82, 2.24) is 4.90 Å². The second kappa shape index (κ2) is 14.5. The van der Waals surface area contributed by atoms with Gasteiger partial charge in [0.25, 0.3) is 0 Å². The lowest BCUT2D eigenvalue weighted by Crippen LogP contribution is -2.21. The zero-order valence-electron chi connectivity index (χ0n) is 12.0. The van der Waals surface area contributed by atoms with Crippen molar-refractivity contribution in [3.05, 3.63) is 12.3 Å². The maximum Gasteiger partial charge on any atom is 0.0447 e. The first kappa shape index (κ1) is 17.5. The third-order valence-corrected chi connectivity index (χ3v) is 3.00. The predicted octanol–water partition coefficient (Wildman–Crippen LogP) is 2.93. The molecular formula is C15H31NO2. The summed E-state index contributed by atoms with van der Waals surface area (Å²) in [6.07, 6.45) is 13.7. The Morgan fingerprint density at radius 1 is 0.833 bits per heavy atom. The molecule has 3 heteroatoms. The largest absolute Gasteiger partial charge is 0.396 e. The predicted molar refractivity (Wildman–Crippen MR) is 77.5 cm³/mol. The van der Waals surface area contributed by atoms with Crippen LogP contribution in [0.1, 0.15) is 58.3 Å². The molecular weight excluding hydrogens is 226 g/mol. The topological polar surface area (TPSA) is 43.7 Å². The van der Waals surface area contributed by atoms with Gasteiger partial charge in [0, 0.05) is 26.3 Å². The van der Waals surface area contributed by atoms with Crippen molar-refractivity contribution in [3.8, 4) is 0 Å². The first-order chi connectivity index (χ1) is 8.85. The van der Waals surface area contributed by atoms with Crippen molar-refractivity contribution in [2.24, 2.45) is 0 Å². The van der Waals surface area contributed by atoms with E-state index in [1.807, 2.05) is 0 Å². The maximum absolute atomic E-state index is 8.83. The lowest BCUT2D eigenvalue weighted by Gasteiger charge is -2.19. The van der Waals surface area contributed by atoms with Gasteiger partial charge in [-0.2, -0.15) is 0 Å². The molecule has 0 aromatic heterocycles. The SMILES string of the molecule is CCCCCCCC=CN(CCCO)CCCO. The van der Waals surface area contributed by atoms with Gasteiger partial charge in [0.15, 0.2) is 0 Å². The molecule has 108 valence electrons. The molecule has 0 aliphatic rings. The highest BCUT2D eigenvalue weighted by atomic mass is 16.3. The van der Waals surface area contributed by atoms with E-state index >= 15 is 0 Å². The molecule has 0 fully saturated rings. The molecule has 0 heterocycles. The molecule has 0 saturated heterocycles. The van der Waals surface area contributed by atoms with Crippen LogP contribution in [0.2, 0.25) is 0 Å². The zero-order valence-corrected chi connectivity index (χ0v) is 12.0. The minimum Gasteiger partial charge on any atom is -0.396 e. The van der Waals surface area contributed by atoms with Gasteiger partial charge in [0.05, 0.1) is 0 Å². The van der Waals surface area contributed by atoms with E-state index in [-0.39, 0.29) is 13.2 Å². The lowest BCUT2D eigenvalue weighted by molar-refractivity contribution is 0.236. The van der Waals surface area contributed by atoms with Gasteiger partial charge in [-0.3, -0.25) is 0 Å². The highest BCUT2D eigenvalue weighted by Crippen LogP contribution is 2.06. The van der Waals surface area contributed by atoms with Gasteiger partial charge in [-0.1, -0.05) is 38.7 Å². The number of aliphatic hydroxyl groups is 2. The minimum absolute atomic E-state index is 0.237. The molecule has 0 aromatic carbocycles. The monoisotopic (exact) mass is 257 g/mol. The van der Waals surface area contributed by atoms with E-state index in [2.05, 4.69) is 24.1 Å². The fourth-order valence-electron chi connectivity index (χ4n) is 1.90. The van der Waals surface area contributed by atoms with E-state index in [0.29, 0.717) is 0 Å². The summed E-state index contributed by atoms with van der Waals surface area (Å²) in [5.41, 5.74) is 0. The molecule has 3 nitrogen and oxygen atoms in total. The third-order valence-electron chi connectivity index (χ3n) is 3.00. The second-order valence-electron chi connectivity index (χ2n) is 4.78. The smallest absolute Gasteiger partial charge is 0.0447 e. The molecule has 0 saturated carbocycles. The normalized spacial score (nSPS) is 11.3. The number of allylic oxidation sites excluding steroid dienone is 1. The van der Waals surface area contributed by atoms with Crippen LogP contribution in [0.15, 0.2) is 12.3 Å². The van der Waals surface area contributed by atoms with E-state index in [4.69, 9.17) is 10.2 Å². The van der Waals surface area contributed by atoms with Gasteiger partial charge >= 0.3 is 0 Å². The van der Waals surface area contributed by atoms with Gasteiger partial charge in [-0.25, -0.2) is 0 Å². The quantitative estimate of drug-likeness (QED) is 0.499. The van der Waals surface area contributed by atoms with Gasteiger partial charge < -0.3 is 15.1 Å². The zero-order chi connectivity index (χ0) is 13.5. The Labute approximate surface area is 113 Å². The number of hydrogen-bond donors (Lipinski definition) is 2. The van der Waals surface area contributed by atoms with E-state index in [9.17, 15) is 0 Å². The lowest BCUT2D eigenvalue weighted by atomic mass is 10.1. The van der Waals surface area contributed by atoms with Crippen LogP contribution in [0.4, 0.5) is 0 Å². The summed E-state index contributed by atoms with van der Waals surface area (Å²) < 4.78 is 0. The molecule has 0 aromatic rings. The van der Waals surface area contributed by atoms with Crippen molar-refractivity contribution < 1.29 is 10.2 Å². The molecule has 0 atom stereocenters. The molecule has 0 aliphatic carbocycles. The summed E-state index contributed by atoms with van der Waals surface area (Å²) in [6.45, 7) is 4.47. The highest BCUT2D eigenvalue weighted by Gasteiger charge is 1.97. The van der Waals surface area contributed by atoms with Crippen molar-refractivity contribution >= 4 is 0 Å². The average Bonchev–Trinajstić information content (AvgIpc) is 2.40. The summed E-state index contributed by atoms with van der Waals surface area (Å²) in [4.78, 5) is 2.19. The van der Waals surface area contributed by atoms with Crippen LogP contribution in [-0.2, 0) is 0 Å². The minimum atomic E-state index is 0.237. The Morgan fingerprint density at radius 3 is 2.00 bits per heavy atom. The first-order valence-corrected chi connectivity index (χ1v) is 7.47. The van der Waals surface area contributed by atoms with Crippen LogP contribution in [-0.4, -0.2) is 41.4 Å². The van der Waals surface area contributed by atoms with Crippen molar-refractivity contribution in [1.29, 1.82) is 0 Å². The van der Waals surface area contributed by atoms with E-state index in [1.54, 1.807) is 0 Å². The molecule has 0 aliphatic heterocycles. The molecule has 18 heavy (non-hydrogen) atoms. The molecule has 0 spiro atoms. The van der Waals surface area contributed by atoms with Crippen LogP contribution >= 0.6 is 0 Å². The van der Waals surface area contributed by atoms with Gasteiger partial charge in [-0.15, -0.1) is 0 Å². The van der Waals surface area contributed by atoms with Crippen molar-refractivity contribution in [2.75, 3.05) is 26.3 Å². The van der Waals surface area contributed by atoms with Crippen LogP contribution in [0.25, 0.3) is 0 Å². The highest BCUT2D eigenvalue weighted by molar-refractivity contribution is 4.82.